The summed E-state index contributed by atoms with van der Waals surface area (Å²) in [6.45, 7) is 0. The van der Waals surface area contributed by atoms with Crippen molar-refractivity contribution in [3.8, 4) is 39.5 Å². The molecule has 0 aliphatic rings. The van der Waals surface area contributed by atoms with E-state index < -0.39 is 0 Å². The summed E-state index contributed by atoms with van der Waals surface area (Å²) in [6.07, 6.45) is 3.58. The minimum atomic E-state index is 0.678. The number of methoxy groups -OCH3 is 1. The van der Waals surface area contributed by atoms with E-state index in [0.717, 1.165) is 28.0 Å². The number of pyridine rings is 1. The van der Waals surface area contributed by atoms with Gasteiger partial charge < -0.3 is 9.47 Å². The molecule has 1 aromatic heterocycles. The monoisotopic (exact) mass is 353 g/mol. The van der Waals surface area contributed by atoms with Crippen LogP contribution >= 0.6 is 0 Å². The average Bonchev–Trinajstić information content (AvgIpc) is 2.75. The van der Waals surface area contributed by atoms with E-state index in [2.05, 4.69) is 23.2 Å². The molecule has 0 unspecified atom stereocenters. The molecule has 132 valence electrons. The molecule has 3 nitrogen and oxygen atoms in total. The van der Waals surface area contributed by atoms with Gasteiger partial charge in [-0.3, -0.25) is 4.98 Å². The third-order valence-electron chi connectivity index (χ3n) is 4.33. The van der Waals surface area contributed by atoms with Crippen LogP contribution in [-0.2, 0) is 0 Å². The number of rotatable bonds is 5. The van der Waals surface area contributed by atoms with Crippen LogP contribution < -0.4 is 9.47 Å². The molecule has 0 aliphatic heterocycles. The lowest BCUT2D eigenvalue weighted by Crippen LogP contribution is -1.95. The number of hydrogen-bond donors (Lipinski definition) is 0. The predicted octanol–water partition coefficient (Wildman–Crippen LogP) is 6.22. The molecule has 3 aromatic carbocycles. The Morgan fingerprint density at radius 1 is 0.667 bits per heavy atom. The molecule has 0 atom stereocenters. The van der Waals surface area contributed by atoms with Gasteiger partial charge >= 0.3 is 0 Å². The molecular weight excluding hydrogens is 334 g/mol. The summed E-state index contributed by atoms with van der Waals surface area (Å²) in [6, 6.07) is 28.0. The summed E-state index contributed by atoms with van der Waals surface area (Å²) in [4.78, 5) is 4.12. The Balaban J connectivity index is 1.90. The van der Waals surface area contributed by atoms with Crippen molar-refractivity contribution >= 4 is 0 Å². The van der Waals surface area contributed by atoms with Gasteiger partial charge in [-0.15, -0.1) is 0 Å². The Morgan fingerprint density at radius 2 is 1.33 bits per heavy atom. The maximum Gasteiger partial charge on any atom is 0.170 e. The zero-order valence-corrected chi connectivity index (χ0v) is 15.0. The van der Waals surface area contributed by atoms with E-state index in [1.54, 1.807) is 19.5 Å². The van der Waals surface area contributed by atoms with Crippen LogP contribution in [0.2, 0.25) is 0 Å². The first kappa shape index (κ1) is 16.9. The highest BCUT2D eigenvalue weighted by Crippen LogP contribution is 2.43. The molecule has 4 rings (SSSR count). The number of nitrogens with zero attached hydrogens (tertiary/aromatic N) is 1. The van der Waals surface area contributed by atoms with Gasteiger partial charge in [0.05, 0.1) is 7.11 Å². The first-order valence-corrected chi connectivity index (χ1v) is 8.76. The van der Waals surface area contributed by atoms with E-state index in [1.807, 2.05) is 66.7 Å². The van der Waals surface area contributed by atoms with Crippen LogP contribution in [0.25, 0.3) is 22.3 Å². The van der Waals surface area contributed by atoms with Crippen LogP contribution in [-0.4, -0.2) is 12.1 Å². The Morgan fingerprint density at radius 3 is 2.00 bits per heavy atom. The van der Waals surface area contributed by atoms with Crippen LogP contribution in [0, 0.1) is 0 Å². The van der Waals surface area contributed by atoms with Crippen molar-refractivity contribution in [2.75, 3.05) is 7.11 Å². The minimum Gasteiger partial charge on any atom is -0.492 e. The highest BCUT2D eigenvalue weighted by atomic mass is 16.5. The molecule has 0 spiro atoms. The van der Waals surface area contributed by atoms with E-state index in [-0.39, 0.29) is 0 Å². The van der Waals surface area contributed by atoms with Crippen molar-refractivity contribution < 1.29 is 9.47 Å². The topological polar surface area (TPSA) is 31.4 Å². The molecule has 0 saturated heterocycles. The van der Waals surface area contributed by atoms with Crippen molar-refractivity contribution in [1.82, 2.24) is 4.98 Å². The Labute approximate surface area is 158 Å². The summed E-state index contributed by atoms with van der Waals surface area (Å²) in [5.41, 5.74) is 4.17. The molecule has 4 aromatic rings. The fraction of sp³-hybridized carbons (Fsp3) is 0.0417. The second-order valence-corrected chi connectivity index (χ2v) is 6.07. The van der Waals surface area contributed by atoms with Crippen LogP contribution in [0.1, 0.15) is 0 Å². The first-order chi connectivity index (χ1) is 13.3. The van der Waals surface area contributed by atoms with Gasteiger partial charge in [0.1, 0.15) is 5.75 Å². The molecule has 0 saturated carbocycles. The van der Waals surface area contributed by atoms with Crippen LogP contribution in [0.5, 0.6) is 17.2 Å². The lowest BCUT2D eigenvalue weighted by Gasteiger charge is -2.17. The van der Waals surface area contributed by atoms with Gasteiger partial charge in [0, 0.05) is 18.0 Å². The molecule has 0 amide bonds. The van der Waals surface area contributed by atoms with Gasteiger partial charge in [-0.05, 0) is 53.1 Å². The molecule has 0 N–H and O–H groups in total. The average molecular weight is 353 g/mol. The Hall–Kier alpha value is -3.59. The van der Waals surface area contributed by atoms with Crippen molar-refractivity contribution in [1.29, 1.82) is 0 Å². The van der Waals surface area contributed by atoms with Crippen molar-refractivity contribution in [3.63, 3.8) is 0 Å². The highest BCUT2D eigenvalue weighted by Gasteiger charge is 2.16. The molecular formula is C24H19NO2. The Kier molecular flexibility index (Phi) is 4.84. The van der Waals surface area contributed by atoms with E-state index in [9.17, 15) is 0 Å². The number of aromatic nitrogens is 1. The standard InChI is InChI=1S/C24H19NO2/c1-26-24-22(19-8-4-2-5-9-19)16-20(18-12-14-25-15-13-18)17-23(24)27-21-10-6-3-7-11-21/h2-17H,1H3. The highest BCUT2D eigenvalue weighted by molar-refractivity contribution is 5.81. The number of benzene rings is 3. The molecule has 3 heteroatoms. The van der Waals surface area contributed by atoms with Gasteiger partial charge in [-0.2, -0.15) is 0 Å². The van der Waals surface area contributed by atoms with Gasteiger partial charge in [0.15, 0.2) is 11.5 Å². The van der Waals surface area contributed by atoms with E-state index >= 15 is 0 Å². The number of hydrogen-bond acceptors (Lipinski definition) is 3. The van der Waals surface area contributed by atoms with Gasteiger partial charge in [0.25, 0.3) is 0 Å². The SMILES string of the molecule is COc1c(Oc2ccccc2)cc(-c2ccncc2)cc1-c1ccccc1. The van der Waals surface area contributed by atoms with Gasteiger partial charge in [-0.25, -0.2) is 0 Å². The second-order valence-electron chi connectivity index (χ2n) is 6.07. The fourth-order valence-corrected chi connectivity index (χ4v) is 3.05. The van der Waals surface area contributed by atoms with Crippen molar-refractivity contribution in [2.24, 2.45) is 0 Å². The van der Waals surface area contributed by atoms with Crippen molar-refractivity contribution in [3.05, 3.63) is 97.3 Å². The zero-order valence-electron chi connectivity index (χ0n) is 15.0. The minimum absolute atomic E-state index is 0.678. The number of para-hydroxylation sites is 1. The summed E-state index contributed by atoms with van der Waals surface area (Å²) >= 11 is 0. The van der Waals surface area contributed by atoms with Crippen LogP contribution in [0.4, 0.5) is 0 Å². The summed E-state index contributed by atoms with van der Waals surface area (Å²) < 4.78 is 11.9. The quantitative estimate of drug-likeness (QED) is 0.427. The summed E-state index contributed by atoms with van der Waals surface area (Å²) in [7, 11) is 1.67. The molecule has 27 heavy (non-hydrogen) atoms. The Bertz CT molecular complexity index is 1020. The fourth-order valence-electron chi connectivity index (χ4n) is 3.05. The molecule has 0 aliphatic carbocycles. The third-order valence-corrected chi connectivity index (χ3v) is 4.33. The van der Waals surface area contributed by atoms with E-state index in [0.29, 0.717) is 11.5 Å². The van der Waals surface area contributed by atoms with Gasteiger partial charge in [0.2, 0.25) is 0 Å². The predicted molar refractivity (Wildman–Crippen MR) is 108 cm³/mol. The number of ether oxygens (including phenoxy) is 2. The normalized spacial score (nSPS) is 10.4. The first-order valence-electron chi connectivity index (χ1n) is 8.76. The molecule has 0 fully saturated rings. The van der Waals surface area contributed by atoms with Crippen LogP contribution in [0.3, 0.4) is 0 Å². The van der Waals surface area contributed by atoms with Gasteiger partial charge in [-0.1, -0.05) is 48.5 Å². The molecule has 0 bridgehead atoms. The second kappa shape index (κ2) is 7.75. The summed E-state index contributed by atoms with van der Waals surface area (Å²) in [5.74, 6) is 2.15. The molecule has 0 radical (unpaired) electrons. The lowest BCUT2D eigenvalue weighted by atomic mass is 9.98. The smallest absolute Gasteiger partial charge is 0.170 e. The van der Waals surface area contributed by atoms with E-state index in [4.69, 9.17) is 9.47 Å². The summed E-state index contributed by atoms with van der Waals surface area (Å²) in [5, 5.41) is 0. The van der Waals surface area contributed by atoms with Crippen LogP contribution in [0.15, 0.2) is 97.3 Å². The zero-order chi connectivity index (χ0) is 18.5. The maximum atomic E-state index is 6.18. The maximum absolute atomic E-state index is 6.18. The lowest BCUT2D eigenvalue weighted by molar-refractivity contribution is 0.380. The largest absolute Gasteiger partial charge is 0.492 e. The van der Waals surface area contributed by atoms with E-state index in [1.165, 1.54) is 0 Å². The molecule has 1 heterocycles. The third kappa shape index (κ3) is 3.67. The van der Waals surface area contributed by atoms with Crippen molar-refractivity contribution in [2.45, 2.75) is 0 Å².